The van der Waals surface area contributed by atoms with Gasteiger partial charge in [0.15, 0.2) is 11.6 Å². The third-order valence-electron chi connectivity index (χ3n) is 3.18. The third kappa shape index (κ3) is 6.02. The predicted octanol–water partition coefficient (Wildman–Crippen LogP) is 3.75. The van der Waals surface area contributed by atoms with Gasteiger partial charge in [-0.05, 0) is 12.5 Å². The second-order valence-electron chi connectivity index (χ2n) is 5.17. The average Bonchev–Trinajstić information content (AvgIpc) is 2.54. The molecule has 1 heterocycles. The maximum Gasteiger partial charge on any atom is 0.573 e. The van der Waals surface area contributed by atoms with E-state index in [1.165, 1.54) is 24.4 Å². The van der Waals surface area contributed by atoms with Crippen LogP contribution in [0.25, 0.3) is 0 Å². The van der Waals surface area contributed by atoms with Crippen LogP contribution in [0.5, 0.6) is 11.5 Å². The molecule has 0 bridgehead atoms. The van der Waals surface area contributed by atoms with E-state index in [0.29, 0.717) is 18.1 Å². The molecule has 0 radical (unpaired) electrons. The van der Waals surface area contributed by atoms with Crippen molar-refractivity contribution in [1.82, 2.24) is 9.97 Å². The molecule has 2 aromatic rings. The van der Waals surface area contributed by atoms with E-state index in [2.05, 4.69) is 20.0 Å². The Labute approximate surface area is 143 Å². The number of rotatable bonds is 8. The molecule has 2 rings (SSSR count). The van der Waals surface area contributed by atoms with Crippen LogP contribution in [0.2, 0.25) is 0 Å². The van der Waals surface area contributed by atoms with Crippen molar-refractivity contribution in [2.24, 2.45) is 0 Å². The molecule has 25 heavy (non-hydrogen) atoms. The van der Waals surface area contributed by atoms with Crippen LogP contribution in [0.1, 0.15) is 25.3 Å². The maximum atomic E-state index is 12.5. The zero-order valence-electron chi connectivity index (χ0n) is 13.6. The highest BCUT2D eigenvalue weighted by Gasteiger charge is 2.32. The molecule has 0 aliphatic rings. The number of hydrogen-bond donors (Lipinski definition) is 2. The molecule has 1 aromatic heterocycles. The molecule has 3 N–H and O–H groups in total. The minimum atomic E-state index is -4.77. The molecule has 9 heteroatoms. The van der Waals surface area contributed by atoms with Gasteiger partial charge in [0, 0.05) is 12.1 Å². The smallest absolute Gasteiger partial charge is 0.483 e. The summed E-state index contributed by atoms with van der Waals surface area (Å²) in [6.45, 7) is 2.57. The van der Waals surface area contributed by atoms with Crippen molar-refractivity contribution in [1.29, 1.82) is 0 Å². The van der Waals surface area contributed by atoms with Crippen LogP contribution >= 0.6 is 0 Å². The van der Waals surface area contributed by atoms with Gasteiger partial charge in [0.25, 0.3) is 0 Å². The summed E-state index contributed by atoms with van der Waals surface area (Å²) in [5.41, 5.74) is 5.82. The second kappa shape index (κ2) is 8.41. The van der Waals surface area contributed by atoms with Crippen LogP contribution in [0.15, 0.2) is 30.5 Å². The first kappa shape index (κ1) is 18.6. The molecule has 0 atom stereocenters. The fraction of sp³-hybridized carbons (Fsp3) is 0.375. The van der Waals surface area contributed by atoms with Crippen molar-refractivity contribution >= 4 is 11.8 Å². The van der Waals surface area contributed by atoms with Gasteiger partial charge in [0.05, 0.1) is 6.20 Å². The fourth-order valence-electron chi connectivity index (χ4n) is 2.00. The van der Waals surface area contributed by atoms with Gasteiger partial charge in [-0.25, -0.2) is 4.98 Å². The minimum Gasteiger partial charge on any atom is -0.483 e. The quantitative estimate of drug-likeness (QED) is 0.701. The lowest BCUT2D eigenvalue weighted by Gasteiger charge is -2.15. The van der Waals surface area contributed by atoms with Crippen LogP contribution in [-0.2, 0) is 6.61 Å². The molecule has 0 aliphatic heterocycles. The molecular weight excluding hydrogens is 337 g/mol. The van der Waals surface area contributed by atoms with Gasteiger partial charge >= 0.3 is 6.36 Å². The Bertz CT molecular complexity index is 695. The Kier molecular flexibility index (Phi) is 6.26. The normalized spacial score (nSPS) is 11.2. The largest absolute Gasteiger partial charge is 0.573 e. The molecule has 1 aromatic carbocycles. The molecule has 0 amide bonds. The van der Waals surface area contributed by atoms with Crippen molar-refractivity contribution in [3.63, 3.8) is 0 Å². The lowest BCUT2D eigenvalue weighted by atomic mass is 10.2. The molecule has 0 spiro atoms. The highest BCUT2D eigenvalue weighted by atomic mass is 19.4. The van der Waals surface area contributed by atoms with E-state index in [4.69, 9.17) is 10.5 Å². The van der Waals surface area contributed by atoms with Crippen LogP contribution < -0.4 is 20.5 Å². The number of ether oxygens (including phenoxy) is 2. The molecule has 0 aliphatic carbocycles. The SMILES string of the molecule is CCCCNc1nc(N)ncc1OCc1ccccc1OC(F)(F)F. The number of para-hydroxylation sites is 1. The topological polar surface area (TPSA) is 82.3 Å². The van der Waals surface area contributed by atoms with Crippen LogP contribution in [0.3, 0.4) is 0 Å². The number of nitrogens with two attached hydrogens (primary N) is 1. The Morgan fingerprint density at radius 2 is 1.96 bits per heavy atom. The Morgan fingerprint density at radius 1 is 1.20 bits per heavy atom. The molecule has 0 saturated heterocycles. The number of hydrogen-bond acceptors (Lipinski definition) is 6. The van der Waals surface area contributed by atoms with Gasteiger partial charge in [0.2, 0.25) is 5.95 Å². The van der Waals surface area contributed by atoms with E-state index in [1.807, 2.05) is 6.92 Å². The first-order valence-corrected chi connectivity index (χ1v) is 7.72. The van der Waals surface area contributed by atoms with Crippen LogP contribution in [0, 0.1) is 0 Å². The number of unbranched alkanes of at least 4 members (excludes halogenated alkanes) is 1. The zero-order chi connectivity index (χ0) is 18.3. The summed E-state index contributed by atoms with van der Waals surface area (Å²) in [5, 5.41) is 3.08. The molecule has 0 fully saturated rings. The number of alkyl halides is 3. The van der Waals surface area contributed by atoms with Crippen LogP contribution in [0.4, 0.5) is 24.9 Å². The molecule has 0 saturated carbocycles. The molecular formula is C16H19F3N4O2. The number of nitrogen functional groups attached to an aromatic ring is 1. The standard InChI is InChI=1S/C16H19F3N4O2/c1-2-3-8-21-14-13(9-22-15(20)23-14)24-10-11-6-4-5-7-12(11)25-16(17,18)19/h4-7,9H,2-3,8,10H2,1H3,(H3,20,21,22,23). The average molecular weight is 356 g/mol. The van der Waals surface area contributed by atoms with E-state index in [9.17, 15) is 13.2 Å². The van der Waals surface area contributed by atoms with E-state index in [-0.39, 0.29) is 23.9 Å². The number of nitrogens with one attached hydrogen (secondary N) is 1. The van der Waals surface area contributed by atoms with E-state index in [0.717, 1.165) is 12.8 Å². The van der Waals surface area contributed by atoms with E-state index < -0.39 is 6.36 Å². The summed E-state index contributed by atoms with van der Waals surface area (Å²) in [7, 11) is 0. The number of anilines is 2. The molecule has 6 nitrogen and oxygen atoms in total. The Morgan fingerprint density at radius 3 is 2.68 bits per heavy atom. The Hall–Kier alpha value is -2.71. The lowest BCUT2D eigenvalue weighted by Crippen LogP contribution is -2.18. The maximum absolute atomic E-state index is 12.5. The molecule has 136 valence electrons. The van der Waals surface area contributed by atoms with Gasteiger partial charge in [-0.2, -0.15) is 4.98 Å². The van der Waals surface area contributed by atoms with Crippen molar-refractivity contribution < 1.29 is 22.6 Å². The fourth-order valence-corrected chi connectivity index (χ4v) is 2.00. The number of benzene rings is 1. The van der Waals surface area contributed by atoms with Gasteiger partial charge in [-0.3, -0.25) is 0 Å². The summed E-state index contributed by atoms with van der Waals surface area (Å²) >= 11 is 0. The minimum absolute atomic E-state index is 0.0761. The molecule has 0 unspecified atom stereocenters. The number of aromatic nitrogens is 2. The zero-order valence-corrected chi connectivity index (χ0v) is 13.6. The monoisotopic (exact) mass is 356 g/mol. The highest BCUT2D eigenvalue weighted by molar-refractivity contribution is 5.51. The summed E-state index contributed by atoms with van der Waals surface area (Å²) in [4.78, 5) is 7.91. The van der Waals surface area contributed by atoms with Gasteiger partial charge in [-0.15, -0.1) is 13.2 Å². The van der Waals surface area contributed by atoms with E-state index in [1.54, 1.807) is 6.07 Å². The van der Waals surface area contributed by atoms with Gasteiger partial charge in [-0.1, -0.05) is 31.5 Å². The predicted molar refractivity (Wildman–Crippen MR) is 87.3 cm³/mol. The first-order chi connectivity index (χ1) is 11.9. The number of halogens is 3. The number of nitrogens with zero attached hydrogens (tertiary/aromatic N) is 2. The van der Waals surface area contributed by atoms with Crippen molar-refractivity contribution in [3.8, 4) is 11.5 Å². The summed E-state index contributed by atoms with van der Waals surface area (Å²) in [6.07, 6.45) is -1.48. The van der Waals surface area contributed by atoms with Crippen LogP contribution in [-0.4, -0.2) is 22.9 Å². The summed E-state index contributed by atoms with van der Waals surface area (Å²) in [5.74, 6) is 0.460. The highest BCUT2D eigenvalue weighted by Crippen LogP contribution is 2.28. The summed E-state index contributed by atoms with van der Waals surface area (Å²) < 4.78 is 47.0. The first-order valence-electron chi connectivity index (χ1n) is 7.72. The van der Waals surface area contributed by atoms with E-state index >= 15 is 0 Å². The lowest BCUT2D eigenvalue weighted by molar-refractivity contribution is -0.275. The van der Waals surface area contributed by atoms with Gasteiger partial charge < -0.3 is 20.5 Å². The van der Waals surface area contributed by atoms with Crippen molar-refractivity contribution in [2.45, 2.75) is 32.7 Å². The van der Waals surface area contributed by atoms with Crippen molar-refractivity contribution in [2.75, 3.05) is 17.6 Å². The van der Waals surface area contributed by atoms with Gasteiger partial charge in [0.1, 0.15) is 12.4 Å². The van der Waals surface area contributed by atoms with Crippen molar-refractivity contribution in [3.05, 3.63) is 36.0 Å². The summed E-state index contributed by atoms with van der Waals surface area (Å²) in [6, 6.07) is 5.77. The Balaban J connectivity index is 2.11. The third-order valence-corrected chi connectivity index (χ3v) is 3.18. The second-order valence-corrected chi connectivity index (χ2v) is 5.17.